The van der Waals surface area contributed by atoms with Gasteiger partial charge in [0, 0.05) is 50.3 Å². The number of H-pyrrole nitrogens is 1. The first kappa shape index (κ1) is 16.8. The number of nitrogens with one attached hydrogen (secondary N) is 2. The maximum Gasteiger partial charge on any atom is 0.317 e. The Kier molecular flexibility index (Phi) is 5.06. The number of hydrogen-bond donors (Lipinski definition) is 2. The number of carbonyl (C=O) groups excluding carboxylic acids is 2. The van der Waals surface area contributed by atoms with Crippen LogP contribution in [0.1, 0.15) is 37.6 Å². The average Bonchev–Trinajstić information content (AvgIpc) is 3.34. The molecule has 1 aromatic heterocycles. The first-order valence-electron chi connectivity index (χ1n) is 8.88. The number of rotatable bonds is 4. The third-order valence-electron chi connectivity index (χ3n) is 4.67. The van der Waals surface area contributed by atoms with Gasteiger partial charge in [-0.25, -0.2) is 4.79 Å². The number of urea groups is 1. The van der Waals surface area contributed by atoms with E-state index in [4.69, 9.17) is 0 Å². The van der Waals surface area contributed by atoms with Crippen molar-refractivity contribution < 1.29 is 9.59 Å². The average molecular weight is 333 g/mol. The zero-order chi connectivity index (χ0) is 17.1. The van der Waals surface area contributed by atoms with Crippen molar-refractivity contribution in [3.8, 4) is 0 Å². The molecule has 3 rings (SSSR count). The first-order valence-corrected chi connectivity index (χ1v) is 8.88. The second kappa shape index (κ2) is 7.23. The zero-order valence-corrected chi connectivity index (χ0v) is 14.5. The SMILES string of the molecule is Cc1cc(C[C@@H](C)NC(=O)N2CCCN(C(=O)C3CC3)CC2)n[nH]1. The predicted octanol–water partition coefficient (Wildman–Crippen LogP) is 1.30. The molecule has 2 fully saturated rings. The monoisotopic (exact) mass is 333 g/mol. The van der Waals surface area contributed by atoms with Crippen LogP contribution >= 0.6 is 0 Å². The Labute approximate surface area is 142 Å². The molecule has 1 aromatic rings. The normalized spacial score (nSPS) is 19.8. The smallest absolute Gasteiger partial charge is 0.317 e. The van der Waals surface area contributed by atoms with Crippen LogP contribution < -0.4 is 5.32 Å². The molecule has 1 atom stereocenters. The van der Waals surface area contributed by atoms with Crippen LogP contribution in [-0.2, 0) is 11.2 Å². The van der Waals surface area contributed by atoms with E-state index in [1.807, 2.05) is 29.7 Å². The third kappa shape index (κ3) is 4.27. The number of nitrogens with zero attached hydrogens (tertiary/aromatic N) is 3. The highest BCUT2D eigenvalue weighted by Crippen LogP contribution is 2.31. The van der Waals surface area contributed by atoms with Crippen molar-refractivity contribution >= 4 is 11.9 Å². The summed E-state index contributed by atoms with van der Waals surface area (Å²) < 4.78 is 0. The Morgan fingerprint density at radius 1 is 1.29 bits per heavy atom. The van der Waals surface area contributed by atoms with Crippen molar-refractivity contribution in [2.75, 3.05) is 26.2 Å². The quantitative estimate of drug-likeness (QED) is 0.871. The fourth-order valence-corrected chi connectivity index (χ4v) is 3.18. The molecule has 0 spiro atoms. The minimum Gasteiger partial charge on any atom is -0.341 e. The zero-order valence-electron chi connectivity index (χ0n) is 14.5. The summed E-state index contributed by atoms with van der Waals surface area (Å²) in [5.41, 5.74) is 1.98. The standard InChI is InChI=1S/C17H27N5O2/c1-12(10-15-11-13(2)19-20-15)18-17(24)22-7-3-6-21(8-9-22)16(23)14-4-5-14/h11-12,14H,3-10H2,1-2H3,(H,18,24)(H,19,20)/t12-/m1/s1. The third-order valence-corrected chi connectivity index (χ3v) is 4.67. The van der Waals surface area contributed by atoms with E-state index < -0.39 is 0 Å². The summed E-state index contributed by atoms with van der Waals surface area (Å²) in [6.45, 7) is 6.68. The van der Waals surface area contributed by atoms with Crippen molar-refractivity contribution in [2.45, 2.75) is 45.6 Å². The van der Waals surface area contributed by atoms with Crippen LogP contribution in [0.2, 0.25) is 0 Å². The van der Waals surface area contributed by atoms with Crippen molar-refractivity contribution in [1.82, 2.24) is 25.3 Å². The van der Waals surface area contributed by atoms with Gasteiger partial charge in [-0.1, -0.05) is 0 Å². The Morgan fingerprint density at radius 2 is 2.00 bits per heavy atom. The molecule has 7 nitrogen and oxygen atoms in total. The molecular weight excluding hydrogens is 306 g/mol. The molecule has 0 unspecified atom stereocenters. The van der Waals surface area contributed by atoms with Crippen molar-refractivity contribution in [2.24, 2.45) is 5.92 Å². The number of hydrogen-bond acceptors (Lipinski definition) is 3. The summed E-state index contributed by atoms with van der Waals surface area (Å²) in [6, 6.07) is 1.97. The number of amides is 3. The Balaban J connectivity index is 1.46. The van der Waals surface area contributed by atoms with Gasteiger partial charge in [0.25, 0.3) is 0 Å². The van der Waals surface area contributed by atoms with Gasteiger partial charge in [-0.2, -0.15) is 5.10 Å². The minimum atomic E-state index is -0.0459. The number of carbonyl (C=O) groups is 2. The van der Waals surface area contributed by atoms with Gasteiger partial charge in [-0.3, -0.25) is 9.89 Å². The van der Waals surface area contributed by atoms with E-state index in [2.05, 4.69) is 15.5 Å². The van der Waals surface area contributed by atoms with Gasteiger partial charge >= 0.3 is 6.03 Å². The van der Waals surface area contributed by atoms with Crippen LogP contribution in [0, 0.1) is 12.8 Å². The summed E-state index contributed by atoms with van der Waals surface area (Å²) in [7, 11) is 0. The van der Waals surface area contributed by atoms with Gasteiger partial charge in [0.15, 0.2) is 0 Å². The largest absolute Gasteiger partial charge is 0.341 e. The molecule has 2 N–H and O–H groups in total. The molecule has 1 saturated heterocycles. The fourth-order valence-electron chi connectivity index (χ4n) is 3.18. The summed E-state index contributed by atoms with van der Waals surface area (Å²) in [4.78, 5) is 28.4. The highest BCUT2D eigenvalue weighted by molar-refractivity contribution is 5.81. The molecule has 7 heteroatoms. The van der Waals surface area contributed by atoms with Gasteiger partial charge < -0.3 is 15.1 Å². The van der Waals surface area contributed by atoms with Gasteiger partial charge in [0.2, 0.25) is 5.91 Å². The lowest BCUT2D eigenvalue weighted by atomic mass is 10.2. The van der Waals surface area contributed by atoms with Crippen LogP contribution in [0.3, 0.4) is 0 Å². The Hall–Kier alpha value is -2.05. The Morgan fingerprint density at radius 3 is 2.67 bits per heavy atom. The van der Waals surface area contributed by atoms with E-state index in [-0.39, 0.29) is 23.9 Å². The van der Waals surface area contributed by atoms with E-state index in [9.17, 15) is 9.59 Å². The maximum atomic E-state index is 12.5. The molecule has 0 radical (unpaired) electrons. The maximum absolute atomic E-state index is 12.5. The molecular formula is C17H27N5O2. The van der Waals surface area contributed by atoms with E-state index in [1.54, 1.807) is 0 Å². The highest BCUT2D eigenvalue weighted by Gasteiger charge is 2.34. The first-order chi connectivity index (χ1) is 11.5. The summed E-state index contributed by atoms with van der Waals surface area (Å²) in [5, 5.41) is 10.2. The van der Waals surface area contributed by atoms with Crippen molar-refractivity contribution in [1.29, 1.82) is 0 Å². The molecule has 24 heavy (non-hydrogen) atoms. The minimum absolute atomic E-state index is 0.0210. The van der Waals surface area contributed by atoms with E-state index >= 15 is 0 Å². The van der Waals surface area contributed by atoms with Crippen LogP contribution in [-0.4, -0.2) is 64.2 Å². The molecule has 2 heterocycles. The van der Waals surface area contributed by atoms with Gasteiger partial charge in [-0.15, -0.1) is 0 Å². The molecule has 1 aliphatic carbocycles. The van der Waals surface area contributed by atoms with Gasteiger partial charge in [-0.05, 0) is 39.2 Å². The Bertz CT molecular complexity index is 596. The molecule has 1 aliphatic heterocycles. The topological polar surface area (TPSA) is 81.3 Å². The van der Waals surface area contributed by atoms with Gasteiger partial charge in [0.1, 0.15) is 0 Å². The molecule has 2 aliphatic rings. The predicted molar refractivity (Wildman–Crippen MR) is 90.5 cm³/mol. The fraction of sp³-hybridized carbons (Fsp3) is 0.706. The summed E-state index contributed by atoms with van der Waals surface area (Å²) in [6.07, 6.45) is 3.61. The summed E-state index contributed by atoms with van der Waals surface area (Å²) >= 11 is 0. The highest BCUT2D eigenvalue weighted by atomic mass is 16.2. The van der Waals surface area contributed by atoms with Crippen LogP contribution in [0.25, 0.3) is 0 Å². The van der Waals surface area contributed by atoms with Crippen molar-refractivity contribution in [3.05, 3.63) is 17.5 Å². The lowest BCUT2D eigenvalue weighted by Gasteiger charge is -2.24. The van der Waals surface area contributed by atoms with Crippen molar-refractivity contribution in [3.63, 3.8) is 0 Å². The van der Waals surface area contributed by atoms with Gasteiger partial charge in [0.05, 0.1) is 5.69 Å². The van der Waals surface area contributed by atoms with E-state index in [0.717, 1.165) is 37.2 Å². The molecule has 1 saturated carbocycles. The van der Waals surface area contributed by atoms with Crippen LogP contribution in [0.15, 0.2) is 6.07 Å². The second-order valence-corrected chi connectivity index (χ2v) is 7.04. The lowest BCUT2D eigenvalue weighted by molar-refractivity contribution is -0.132. The lowest BCUT2D eigenvalue weighted by Crippen LogP contribution is -2.46. The number of aromatic amines is 1. The molecule has 3 amide bonds. The number of aromatic nitrogens is 2. The van der Waals surface area contributed by atoms with Crippen LogP contribution in [0.5, 0.6) is 0 Å². The van der Waals surface area contributed by atoms with Crippen LogP contribution in [0.4, 0.5) is 4.79 Å². The molecule has 0 bridgehead atoms. The molecule has 132 valence electrons. The van der Waals surface area contributed by atoms with E-state index in [0.29, 0.717) is 26.1 Å². The molecule has 0 aromatic carbocycles. The summed E-state index contributed by atoms with van der Waals surface area (Å²) in [5.74, 6) is 0.530. The van der Waals surface area contributed by atoms with E-state index in [1.165, 1.54) is 0 Å². The number of aryl methyl sites for hydroxylation is 1. The second-order valence-electron chi connectivity index (χ2n) is 7.04.